The summed E-state index contributed by atoms with van der Waals surface area (Å²) in [4.78, 5) is 16.7. The molecule has 0 radical (unpaired) electrons. The molecule has 5 nitrogen and oxygen atoms in total. The Hall–Kier alpha value is -0.810. The van der Waals surface area contributed by atoms with Crippen LogP contribution in [0, 0.1) is 0 Å². The predicted octanol–water partition coefficient (Wildman–Crippen LogP) is 1.29. The predicted molar refractivity (Wildman–Crippen MR) is 75.2 cm³/mol. The van der Waals surface area contributed by atoms with Gasteiger partial charge in [-0.15, -0.1) is 0 Å². The van der Waals surface area contributed by atoms with Crippen LogP contribution in [0.4, 0.5) is 4.79 Å². The Morgan fingerprint density at radius 3 is 2.74 bits per heavy atom. The maximum atomic E-state index is 12.5. The molecule has 0 spiro atoms. The standard InChI is InChI=1S/C14H27N3O2/c1-13(2,3)19-12(18)17-11-6-7-14(17,9-15-8-11)10-16(4)5/h11,15H,6-10H2,1-5H3. The van der Waals surface area contributed by atoms with E-state index in [1.807, 2.05) is 25.7 Å². The molecular weight excluding hydrogens is 242 g/mol. The number of likely N-dealkylation sites (N-methyl/N-ethyl adjacent to an activating group) is 1. The molecule has 2 unspecified atom stereocenters. The molecule has 1 N–H and O–H groups in total. The molecule has 0 aromatic heterocycles. The minimum Gasteiger partial charge on any atom is -0.444 e. The smallest absolute Gasteiger partial charge is 0.411 e. The minimum absolute atomic E-state index is 0.102. The van der Waals surface area contributed by atoms with E-state index in [2.05, 4.69) is 24.3 Å². The highest BCUT2D eigenvalue weighted by atomic mass is 16.6. The fraction of sp³-hybridized carbons (Fsp3) is 0.929. The molecule has 2 aliphatic rings. The zero-order valence-electron chi connectivity index (χ0n) is 12.8. The van der Waals surface area contributed by atoms with Gasteiger partial charge in [0.15, 0.2) is 0 Å². The zero-order chi connectivity index (χ0) is 14.3. The molecule has 0 aliphatic carbocycles. The molecular formula is C14H27N3O2. The van der Waals surface area contributed by atoms with Crippen molar-refractivity contribution in [1.29, 1.82) is 0 Å². The lowest BCUT2D eigenvalue weighted by molar-refractivity contribution is -0.0153. The van der Waals surface area contributed by atoms with Gasteiger partial charge in [0.05, 0.1) is 5.54 Å². The fourth-order valence-electron chi connectivity index (χ4n) is 3.36. The molecule has 2 heterocycles. The van der Waals surface area contributed by atoms with Crippen molar-refractivity contribution < 1.29 is 9.53 Å². The second-order valence-electron chi connectivity index (χ2n) is 7.14. The van der Waals surface area contributed by atoms with Crippen LogP contribution in [0.25, 0.3) is 0 Å². The summed E-state index contributed by atoms with van der Waals surface area (Å²) < 4.78 is 5.61. The SMILES string of the molecule is CN(C)CC12CCC(CNC1)N2C(=O)OC(C)(C)C. The molecule has 2 fully saturated rings. The lowest BCUT2D eigenvalue weighted by Crippen LogP contribution is -2.66. The monoisotopic (exact) mass is 269 g/mol. The Labute approximate surface area is 116 Å². The average Bonchev–Trinajstić information content (AvgIpc) is 2.42. The number of rotatable bonds is 2. The van der Waals surface area contributed by atoms with Gasteiger partial charge in [0.1, 0.15) is 5.60 Å². The number of fused-ring (bicyclic) bond motifs is 2. The van der Waals surface area contributed by atoms with E-state index in [1.165, 1.54) is 0 Å². The third-order valence-corrected chi connectivity index (χ3v) is 3.85. The second-order valence-corrected chi connectivity index (χ2v) is 7.14. The van der Waals surface area contributed by atoms with Crippen molar-refractivity contribution >= 4 is 6.09 Å². The van der Waals surface area contributed by atoms with Gasteiger partial charge in [-0.25, -0.2) is 4.79 Å². The number of amides is 1. The summed E-state index contributed by atoms with van der Waals surface area (Å²) >= 11 is 0. The van der Waals surface area contributed by atoms with Gasteiger partial charge in [-0.05, 0) is 47.7 Å². The number of hydrogen-bond acceptors (Lipinski definition) is 4. The van der Waals surface area contributed by atoms with Gasteiger partial charge in [0.2, 0.25) is 0 Å². The molecule has 2 aliphatic heterocycles. The summed E-state index contributed by atoms with van der Waals surface area (Å²) in [6.45, 7) is 8.40. The fourth-order valence-corrected chi connectivity index (χ4v) is 3.36. The van der Waals surface area contributed by atoms with Gasteiger partial charge in [0.25, 0.3) is 0 Å². The zero-order valence-corrected chi connectivity index (χ0v) is 12.8. The Morgan fingerprint density at radius 2 is 2.16 bits per heavy atom. The molecule has 19 heavy (non-hydrogen) atoms. The van der Waals surface area contributed by atoms with Crippen molar-refractivity contribution in [2.75, 3.05) is 33.7 Å². The van der Waals surface area contributed by atoms with Crippen LogP contribution in [0.5, 0.6) is 0 Å². The van der Waals surface area contributed by atoms with Crippen molar-refractivity contribution in [1.82, 2.24) is 15.1 Å². The quantitative estimate of drug-likeness (QED) is 0.820. The van der Waals surface area contributed by atoms with E-state index in [-0.39, 0.29) is 17.7 Å². The normalized spacial score (nSPS) is 30.8. The summed E-state index contributed by atoms with van der Waals surface area (Å²) in [5, 5.41) is 3.46. The summed E-state index contributed by atoms with van der Waals surface area (Å²) in [5.41, 5.74) is -0.532. The highest BCUT2D eigenvalue weighted by Gasteiger charge is 2.52. The first-order chi connectivity index (χ1) is 8.73. The molecule has 5 heteroatoms. The largest absolute Gasteiger partial charge is 0.444 e. The van der Waals surface area contributed by atoms with Crippen LogP contribution in [0.3, 0.4) is 0 Å². The van der Waals surface area contributed by atoms with E-state index in [0.29, 0.717) is 0 Å². The van der Waals surface area contributed by atoms with Crippen LogP contribution in [0.1, 0.15) is 33.6 Å². The Kier molecular flexibility index (Phi) is 3.80. The molecule has 0 aromatic carbocycles. The first-order valence-electron chi connectivity index (χ1n) is 7.11. The van der Waals surface area contributed by atoms with Crippen LogP contribution in [-0.4, -0.2) is 66.8 Å². The Balaban J connectivity index is 2.18. The maximum Gasteiger partial charge on any atom is 0.411 e. The minimum atomic E-state index is -0.430. The van der Waals surface area contributed by atoms with E-state index >= 15 is 0 Å². The molecule has 2 saturated heterocycles. The number of nitrogens with one attached hydrogen (secondary N) is 1. The summed E-state index contributed by atoms with van der Waals surface area (Å²) in [6, 6.07) is 0.281. The number of nitrogens with zero attached hydrogens (tertiary/aromatic N) is 2. The van der Waals surface area contributed by atoms with Crippen LogP contribution in [0.15, 0.2) is 0 Å². The van der Waals surface area contributed by atoms with Gasteiger partial charge in [-0.3, -0.25) is 4.90 Å². The van der Waals surface area contributed by atoms with E-state index < -0.39 is 5.60 Å². The van der Waals surface area contributed by atoms with Gasteiger partial charge >= 0.3 is 6.09 Å². The molecule has 1 amide bonds. The van der Waals surface area contributed by atoms with E-state index in [1.54, 1.807) is 0 Å². The highest BCUT2D eigenvalue weighted by Crippen LogP contribution is 2.37. The summed E-state index contributed by atoms with van der Waals surface area (Å²) in [6.07, 6.45) is 1.97. The van der Waals surface area contributed by atoms with Gasteiger partial charge in [-0.2, -0.15) is 0 Å². The number of carbonyl (C=O) groups excluding carboxylic acids is 1. The van der Waals surface area contributed by atoms with Crippen molar-refractivity contribution in [2.45, 2.75) is 50.8 Å². The molecule has 2 bridgehead atoms. The molecule has 110 valence electrons. The Morgan fingerprint density at radius 1 is 1.47 bits per heavy atom. The van der Waals surface area contributed by atoms with Crippen LogP contribution in [0.2, 0.25) is 0 Å². The number of carbonyl (C=O) groups is 1. The second kappa shape index (κ2) is 4.94. The molecule has 0 saturated carbocycles. The molecule has 2 atom stereocenters. The topological polar surface area (TPSA) is 44.8 Å². The lowest BCUT2D eigenvalue weighted by atomic mass is 9.95. The van der Waals surface area contributed by atoms with Crippen molar-refractivity contribution in [3.8, 4) is 0 Å². The number of ether oxygens (including phenoxy) is 1. The number of hydrogen-bond donors (Lipinski definition) is 1. The highest BCUT2D eigenvalue weighted by molar-refractivity contribution is 5.70. The summed E-state index contributed by atoms with van der Waals surface area (Å²) in [7, 11) is 4.12. The van der Waals surface area contributed by atoms with Crippen LogP contribution < -0.4 is 5.32 Å². The van der Waals surface area contributed by atoms with E-state index in [0.717, 1.165) is 32.5 Å². The lowest BCUT2D eigenvalue weighted by Gasteiger charge is -2.46. The van der Waals surface area contributed by atoms with E-state index in [4.69, 9.17) is 4.74 Å². The molecule has 0 aromatic rings. The van der Waals surface area contributed by atoms with Crippen molar-refractivity contribution in [3.63, 3.8) is 0 Å². The van der Waals surface area contributed by atoms with Gasteiger partial charge in [0, 0.05) is 25.7 Å². The molecule has 2 rings (SSSR count). The van der Waals surface area contributed by atoms with Gasteiger partial charge < -0.3 is 15.0 Å². The summed E-state index contributed by atoms with van der Waals surface area (Å²) in [5.74, 6) is 0. The maximum absolute atomic E-state index is 12.5. The van der Waals surface area contributed by atoms with Crippen molar-refractivity contribution in [3.05, 3.63) is 0 Å². The Bertz CT molecular complexity index is 347. The number of piperazine rings is 1. The third kappa shape index (κ3) is 3.03. The van der Waals surface area contributed by atoms with Gasteiger partial charge in [-0.1, -0.05) is 0 Å². The first-order valence-corrected chi connectivity index (χ1v) is 7.11. The first kappa shape index (κ1) is 14.6. The van der Waals surface area contributed by atoms with Crippen LogP contribution in [-0.2, 0) is 4.74 Å². The van der Waals surface area contributed by atoms with Crippen molar-refractivity contribution in [2.24, 2.45) is 0 Å². The van der Waals surface area contributed by atoms with E-state index in [9.17, 15) is 4.79 Å². The average molecular weight is 269 g/mol. The van der Waals surface area contributed by atoms with Crippen LogP contribution >= 0.6 is 0 Å². The third-order valence-electron chi connectivity index (χ3n) is 3.85.